The van der Waals surface area contributed by atoms with Gasteiger partial charge in [-0.3, -0.25) is 9.78 Å². The quantitative estimate of drug-likeness (QED) is 0.649. The number of fused-ring (bicyclic) bond motifs is 1. The van der Waals surface area contributed by atoms with E-state index < -0.39 is 0 Å². The number of nitrogens with zero attached hydrogens (tertiary/aromatic N) is 1. The summed E-state index contributed by atoms with van der Waals surface area (Å²) in [6, 6.07) is 7.01. The first-order valence-corrected chi connectivity index (χ1v) is 4.19. The molecular weight excluding hydrogens is 186 g/mol. The molecule has 0 radical (unpaired) electrons. The molecule has 1 aromatic heterocycles. The van der Waals surface area contributed by atoms with Crippen LogP contribution in [-0.4, -0.2) is 11.3 Å². The van der Waals surface area contributed by atoms with E-state index in [1.165, 1.54) is 0 Å². The zero-order valence-electron chi connectivity index (χ0n) is 6.70. The van der Waals surface area contributed by atoms with Crippen LogP contribution < -0.4 is 0 Å². The zero-order chi connectivity index (χ0) is 9.26. The smallest absolute Gasteiger partial charge is 0.152 e. The normalized spacial score (nSPS) is 10.2. The lowest BCUT2D eigenvalue weighted by Gasteiger charge is -2.00. The maximum Gasteiger partial charge on any atom is 0.152 e. The van der Waals surface area contributed by atoms with Crippen molar-refractivity contribution in [2.45, 2.75) is 0 Å². The van der Waals surface area contributed by atoms with Crippen LogP contribution in [-0.2, 0) is 0 Å². The van der Waals surface area contributed by atoms with Gasteiger partial charge in [0, 0.05) is 17.1 Å². The van der Waals surface area contributed by atoms with E-state index in [-0.39, 0.29) is 0 Å². The largest absolute Gasteiger partial charge is 0.298 e. The molecule has 1 heterocycles. The second-order valence-electron chi connectivity index (χ2n) is 2.65. The maximum absolute atomic E-state index is 10.6. The summed E-state index contributed by atoms with van der Waals surface area (Å²) < 4.78 is 0. The Morgan fingerprint density at radius 1 is 1.31 bits per heavy atom. The fraction of sp³-hybridized carbons (Fsp3) is 0. The van der Waals surface area contributed by atoms with Crippen LogP contribution in [0.25, 0.3) is 10.9 Å². The van der Waals surface area contributed by atoms with Crippen molar-refractivity contribution < 1.29 is 4.79 Å². The lowest BCUT2D eigenvalue weighted by molar-refractivity contribution is 0.112. The Balaban J connectivity index is 2.92. The third-order valence-electron chi connectivity index (χ3n) is 1.87. The van der Waals surface area contributed by atoms with Crippen LogP contribution in [0.3, 0.4) is 0 Å². The molecule has 3 heteroatoms. The average Bonchev–Trinajstić information content (AvgIpc) is 2.19. The molecule has 2 rings (SSSR count). The molecule has 0 unspecified atom stereocenters. The molecule has 2 aromatic rings. The molecule has 0 aliphatic rings. The highest BCUT2D eigenvalue weighted by Gasteiger charge is 2.03. The molecule has 0 aliphatic heterocycles. The number of carbonyl (C=O) groups is 1. The number of hydrogen-bond acceptors (Lipinski definition) is 2. The Morgan fingerprint density at radius 2 is 2.15 bits per heavy atom. The van der Waals surface area contributed by atoms with Crippen molar-refractivity contribution in [2.75, 3.05) is 0 Å². The van der Waals surface area contributed by atoms with Gasteiger partial charge in [0.2, 0.25) is 0 Å². The summed E-state index contributed by atoms with van der Waals surface area (Å²) in [5.74, 6) is 0. The molecule has 2 nitrogen and oxygen atoms in total. The van der Waals surface area contributed by atoms with E-state index in [0.717, 1.165) is 11.7 Å². The van der Waals surface area contributed by atoms with E-state index >= 15 is 0 Å². The van der Waals surface area contributed by atoms with Gasteiger partial charge in [-0.25, -0.2) is 0 Å². The molecule has 0 amide bonds. The van der Waals surface area contributed by atoms with Gasteiger partial charge in [-0.15, -0.1) is 0 Å². The third kappa shape index (κ3) is 1.29. The van der Waals surface area contributed by atoms with Gasteiger partial charge in [0.1, 0.15) is 0 Å². The molecule has 0 saturated heterocycles. The van der Waals surface area contributed by atoms with E-state index in [4.69, 9.17) is 11.6 Å². The molecule has 0 saturated carbocycles. The predicted molar refractivity (Wildman–Crippen MR) is 52.1 cm³/mol. The van der Waals surface area contributed by atoms with Crippen molar-refractivity contribution in [3.05, 3.63) is 41.0 Å². The summed E-state index contributed by atoms with van der Waals surface area (Å²) in [7, 11) is 0. The Morgan fingerprint density at radius 3 is 2.92 bits per heavy atom. The minimum Gasteiger partial charge on any atom is -0.298 e. The second kappa shape index (κ2) is 3.15. The monoisotopic (exact) mass is 191 g/mol. The third-order valence-corrected chi connectivity index (χ3v) is 2.20. The topological polar surface area (TPSA) is 30.0 Å². The molecule has 0 bridgehead atoms. The van der Waals surface area contributed by atoms with Crippen LogP contribution in [0.5, 0.6) is 0 Å². The van der Waals surface area contributed by atoms with Crippen LogP contribution in [0.4, 0.5) is 0 Å². The van der Waals surface area contributed by atoms with E-state index in [1.54, 1.807) is 24.4 Å². The standard InChI is InChI=1S/C10H6ClNO/c11-9-4-3-7(6-13)10-8(9)2-1-5-12-10/h1-6H. The molecule has 13 heavy (non-hydrogen) atoms. The van der Waals surface area contributed by atoms with Gasteiger partial charge in [-0.1, -0.05) is 11.6 Å². The van der Waals surface area contributed by atoms with Crippen LogP contribution in [0.1, 0.15) is 10.4 Å². The number of benzene rings is 1. The summed E-state index contributed by atoms with van der Waals surface area (Å²) >= 11 is 5.93. The van der Waals surface area contributed by atoms with E-state index in [0.29, 0.717) is 16.1 Å². The number of rotatable bonds is 1. The molecule has 0 aliphatic carbocycles. The number of halogens is 1. The number of pyridine rings is 1. The number of aldehydes is 1. The lowest BCUT2D eigenvalue weighted by Crippen LogP contribution is -1.86. The summed E-state index contributed by atoms with van der Waals surface area (Å²) in [6.07, 6.45) is 2.43. The fourth-order valence-corrected chi connectivity index (χ4v) is 1.47. The Bertz CT molecular complexity index is 467. The molecule has 0 fully saturated rings. The van der Waals surface area contributed by atoms with Crippen LogP contribution in [0, 0.1) is 0 Å². The molecule has 0 atom stereocenters. The summed E-state index contributed by atoms with van der Waals surface area (Å²) in [4.78, 5) is 14.7. The Hall–Kier alpha value is -1.41. The van der Waals surface area contributed by atoms with Crippen molar-refractivity contribution >= 4 is 28.8 Å². The average molecular weight is 192 g/mol. The highest BCUT2D eigenvalue weighted by molar-refractivity contribution is 6.35. The van der Waals surface area contributed by atoms with Gasteiger partial charge in [-0.2, -0.15) is 0 Å². The van der Waals surface area contributed by atoms with Crippen molar-refractivity contribution in [1.29, 1.82) is 0 Å². The first-order valence-electron chi connectivity index (χ1n) is 3.81. The first-order chi connectivity index (χ1) is 6.33. The molecule has 1 aromatic carbocycles. The first kappa shape index (κ1) is 8.20. The SMILES string of the molecule is O=Cc1ccc(Cl)c2cccnc12. The number of aromatic nitrogens is 1. The number of hydrogen-bond donors (Lipinski definition) is 0. The molecule has 0 spiro atoms. The van der Waals surface area contributed by atoms with Crippen LogP contribution >= 0.6 is 11.6 Å². The van der Waals surface area contributed by atoms with E-state index in [2.05, 4.69) is 4.98 Å². The fourth-order valence-electron chi connectivity index (χ4n) is 1.25. The molecule has 64 valence electrons. The van der Waals surface area contributed by atoms with Crippen molar-refractivity contribution in [2.24, 2.45) is 0 Å². The minimum atomic E-state index is 0.569. The van der Waals surface area contributed by atoms with Crippen LogP contribution in [0.15, 0.2) is 30.5 Å². The van der Waals surface area contributed by atoms with E-state index in [1.807, 2.05) is 6.07 Å². The second-order valence-corrected chi connectivity index (χ2v) is 3.06. The predicted octanol–water partition coefficient (Wildman–Crippen LogP) is 2.70. The van der Waals surface area contributed by atoms with Gasteiger partial charge in [0.15, 0.2) is 6.29 Å². The molecule has 0 N–H and O–H groups in total. The summed E-state index contributed by atoms with van der Waals surface area (Å²) in [6.45, 7) is 0. The highest BCUT2D eigenvalue weighted by atomic mass is 35.5. The maximum atomic E-state index is 10.6. The van der Waals surface area contributed by atoms with E-state index in [9.17, 15) is 4.79 Å². The number of carbonyl (C=O) groups excluding carboxylic acids is 1. The summed E-state index contributed by atoms with van der Waals surface area (Å²) in [5, 5.41) is 1.43. The van der Waals surface area contributed by atoms with Crippen molar-refractivity contribution in [1.82, 2.24) is 4.98 Å². The van der Waals surface area contributed by atoms with Gasteiger partial charge in [-0.05, 0) is 24.3 Å². The minimum absolute atomic E-state index is 0.569. The summed E-state index contributed by atoms with van der Waals surface area (Å²) in [5.41, 5.74) is 1.23. The molecular formula is C10H6ClNO. The van der Waals surface area contributed by atoms with Crippen molar-refractivity contribution in [3.63, 3.8) is 0 Å². The Kier molecular flexibility index (Phi) is 1.99. The van der Waals surface area contributed by atoms with Crippen molar-refractivity contribution in [3.8, 4) is 0 Å². The van der Waals surface area contributed by atoms with Gasteiger partial charge >= 0.3 is 0 Å². The van der Waals surface area contributed by atoms with Crippen LogP contribution in [0.2, 0.25) is 5.02 Å². The van der Waals surface area contributed by atoms with Gasteiger partial charge < -0.3 is 0 Å². The highest BCUT2D eigenvalue weighted by Crippen LogP contribution is 2.23. The van der Waals surface area contributed by atoms with Gasteiger partial charge in [0.25, 0.3) is 0 Å². The Labute approximate surface area is 80.2 Å². The van der Waals surface area contributed by atoms with Gasteiger partial charge in [0.05, 0.1) is 10.5 Å². The zero-order valence-corrected chi connectivity index (χ0v) is 7.45. The lowest BCUT2D eigenvalue weighted by atomic mass is 10.1.